The Labute approximate surface area is 253 Å². The van der Waals surface area contributed by atoms with Crippen LogP contribution in [0.15, 0.2) is 36.4 Å². The molecule has 4 fully saturated rings. The summed E-state index contributed by atoms with van der Waals surface area (Å²) in [5, 5.41) is 17.3. The summed E-state index contributed by atoms with van der Waals surface area (Å²) in [4.78, 5) is 11.4. The van der Waals surface area contributed by atoms with E-state index in [2.05, 4.69) is 47.3 Å². The van der Waals surface area contributed by atoms with E-state index < -0.39 is 11.8 Å². The standard InChI is InChI=1S/C33H46FNO2.C4H8O/c1-29(2)22(20-8-9-21(28(36)37)25(34)19-20)12-15-30(3)26(29)13-16-32(5)27(30)11-10-23-24-7-6-14-33(24,35)18-17-31(23,32)4;1-4(2)3-5/h8-9,12,19,23-24,26-27H,6-7,10-11,13-18,35H2,1-5H3,(H,36,37);5H,1,3H2,2H3/t23-,24-,26?,27?,30+,31-,32-,33+;/m1./s1. The molecule has 5 aliphatic rings. The molecule has 0 aliphatic heterocycles. The SMILES string of the molecule is C=C(C)CO.CC1(C)C(c2ccc(C(=O)O)c(F)c2)=CC[C@@]2(C)C1CC[C@]1(C)C2CC[C@@H]2[C@H]3CCC[C@]3(N)CC[C@]21C. The lowest BCUT2D eigenvalue weighted by molar-refractivity contribution is -0.215. The number of aromatic carboxylic acids is 1. The summed E-state index contributed by atoms with van der Waals surface area (Å²) in [6.45, 7) is 17.9. The van der Waals surface area contributed by atoms with Gasteiger partial charge in [0, 0.05) is 5.54 Å². The topological polar surface area (TPSA) is 83.5 Å². The van der Waals surface area contributed by atoms with Crippen molar-refractivity contribution in [3.8, 4) is 0 Å². The highest BCUT2D eigenvalue weighted by Gasteiger charge is 2.69. The van der Waals surface area contributed by atoms with E-state index in [4.69, 9.17) is 10.8 Å². The molecule has 0 saturated heterocycles. The Kier molecular flexibility index (Phi) is 7.92. The van der Waals surface area contributed by atoms with Crippen LogP contribution in [-0.2, 0) is 0 Å². The second-order valence-electron chi connectivity index (χ2n) is 16.1. The van der Waals surface area contributed by atoms with Crippen molar-refractivity contribution < 1.29 is 19.4 Å². The van der Waals surface area contributed by atoms with E-state index in [0.717, 1.165) is 23.5 Å². The number of carboxylic acids is 1. The van der Waals surface area contributed by atoms with Crippen molar-refractivity contribution in [2.24, 2.45) is 51.1 Å². The molecule has 0 radical (unpaired) electrons. The molecule has 0 aromatic heterocycles. The number of nitrogens with two attached hydrogens (primary N) is 1. The fourth-order valence-electron chi connectivity index (χ4n) is 11.6. The minimum atomic E-state index is -1.21. The lowest BCUT2D eigenvalue weighted by Crippen LogP contribution is -2.66. The number of aliphatic hydroxyl groups is 1. The van der Waals surface area contributed by atoms with Crippen LogP contribution >= 0.6 is 0 Å². The first kappa shape index (κ1) is 31.4. The first-order chi connectivity index (χ1) is 19.5. The molecule has 2 unspecified atom stereocenters. The van der Waals surface area contributed by atoms with Crippen LogP contribution in [-0.4, -0.2) is 28.3 Å². The van der Waals surface area contributed by atoms with E-state index in [1.165, 1.54) is 75.5 Å². The number of fused-ring (bicyclic) bond motifs is 7. The van der Waals surface area contributed by atoms with Crippen LogP contribution in [0.5, 0.6) is 0 Å². The van der Waals surface area contributed by atoms with Crippen molar-refractivity contribution in [3.63, 3.8) is 0 Å². The summed E-state index contributed by atoms with van der Waals surface area (Å²) in [7, 11) is 0. The van der Waals surface area contributed by atoms with E-state index in [0.29, 0.717) is 28.6 Å². The van der Waals surface area contributed by atoms with E-state index in [9.17, 15) is 14.3 Å². The number of halogens is 1. The fourth-order valence-corrected chi connectivity index (χ4v) is 11.6. The normalized spacial score (nSPS) is 41.6. The van der Waals surface area contributed by atoms with Gasteiger partial charge in [-0.15, -0.1) is 0 Å². The van der Waals surface area contributed by atoms with Crippen molar-refractivity contribution in [2.75, 3.05) is 6.61 Å². The number of benzene rings is 1. The molecule has 0 heterocycles. The van der Waals surface area contributed by atoms with Gasteiger partial charge in [-0.05, 0) is 133 Å². The number of hydrogen-bond acceptors (Lipinski definition) is 3. The van der Waals surface area contributed by atoms with Crippen molar-refractivity contribution in [3.05, 3.63) is 53.4 Å². The summed E-state index contributed by atoms with van der Waals surface area (Å²) in [5.74, 6) is 0.800. The molecular weight excluding hydrogens is 525 g/mol. The Morgan fingerprint density at radius 2 is 1.67 bits per heavy atom. The van der Waals surface area contributed by atoms with Gasteiger partial charge < -0.3 is 15.9 Å². The smallest absolute Gasteiger partial charge is 0.338 e. The third kappa shape index (κ3) is 4.55. The van der Waals surface area contributed by atoms with E-state index in [1.807, 2.05) is 6.07 Å². The highest BCUT2D eigenvalue weighted by atomic mass is 19.1. The van der Waals surface area contributed by atoms with E-state index in [1.54, 1.807) is 6.92 Å². The molecule has 232 valence electrons. The zero-order chi connectivity index (χ0) is 30.9. The van der Waals surface area contributed by atoms with Gasteiger partial charge in [0.2, 0.25) is 0 Å². The van der Waals surface area contributed by atoms with Crippen LogP contribution in [0.25, 0.3) is 5.57 Å². The summed E-state index contributed by atoms with van der Waals surface area (Å²) < 4.78 is 14.7. The van der Waals surface area contributed by atoms with Gasteiger partial charge in [-0.25, -0.2) is 9.18 Å². The third-order valence-electron chi connectivity index (χ3n) is 13.8. The van der Waals surface area contributed by atoms with Gasteiger partial charge in [-0.1, -0.05) is 65.3 Å². The van der Waals surface area contributed by atoms with Crippen LogP contribution in [0.2, 0.25) is 0 Å². The second-order valence-corrected chi connectivity index (χ2v) is 16.1. The highest BCUT2D eigenvalue weighted by molar-refractivity contribution is 5.88. The van der Waals surface area contributed by atoms with Crippen molar-refractivity contribution in [1.29, 1.82) is 0 Å². The van der Waals surface area contributed by atoms with Crippen molar-refractivity contribution in [1.82, 2.24) is 0 Å². The predicted molar refractivity (Wildman–Crippen MR) is 168 cm³/mol. The predicted octanol–water partition coefficient (Wildman–Crippen LogP) is 8.64. The Morgan fingerprint density at radius 3 is 2.29 bits per heavy atom. The van der Waals surface area contributed by atoms with Crippen LogP contribution < -0.4 is 5.73 Å². The molecule has 4 N–H and O–H groups in total. The Morgan fingerprint density at radius 1 is 0.976 bits per heavy atom. The fraction of sp³-hybridized carbons (Fsp3) is 0.703. The zero-order valence-corrected chi connectivity index (χ0v) is 26.9. The van der Waals surface area contributed by atoms with Gasteiger partial charge in [0.1, 0.15) is 5.82 Å². The van der Waals surface area contributed by atoms with Crippen LogP contribution in [0.4, 0.5) is 4.39 Å². The Bertz CT molecular complexity index is 1290. The average Bonchev–Trinajstić information content (AvgIpc) is 3.30. The van der Waals surface area contributed by atoms with Gasteiger partial charge in [0.05, 0.1) is 12.2 Å². The van der Waals surface area contributed by atoms with Crippen molar-refractivity contribution in [2.45, 2.75) is 111 Å². The Hall–Kier alpha value is -1.98. The zero-order valence-electron chi connectivity index (χ0n) is 26.9. The molecular formula is C37H54FNO3. The highest BCUT2D eigenvalue weighted by Crippen LogP contribution is 2.76. The summed E-state index contributed by atoms with van der Waals surface area (Å²) in [6.07, 6.45) is 14.8. The molecule has 0 spiro atoms. The van der Waals surface area contributed by atoms with Crippen LogP contribution in [0, 0.1) is 51.1 Å². The van der Waals surface area contributed by atoms with Gasteiger partial charge in [-0.2, -0.15) is 0 Å². The Balaban J connectivity index is 0.000000652. The number of rotatable bonds is 3. The van der Waals surface area contributed by atoms with Crippen LogP contribution in [0.3, 0.4) is 0 Å². The monoisotopic (exact) mass is 579 g/mol. The molecule has 1 aromatic carbocycles. The largest absolute Gasteiger partial charge is 0.478 e. The molecule has 5 aliphatic carbocycles. The molecule has 4 nitrogen and oxygen atoms in total. The maximum atomic E-state index is 14.7. The first-order valence-electron chi connectivity index (χ1n) is 16.3. The molecule has 0 bridgehead atoms. The number of carbonyl (C=O) groups is 1. The van der Waals surface area contributed by atoms with Gasteiger partial charge in [0.15, 0.2) is 0 Å². The van der Waals surface area contributed by atoms with Gasteiger partial charge in [-0.3, -0.25) is 0 Å². The minimum Gasteiger partial charge on any atom is -0.478 e. The average molecular weight is 580 g/mol. The maximum absolute atomic E-state index is 14.7. The molecule has 8 atom stereocenters. The number of carboxylic acid groups (broad SMARTS) is 1. The number of aliphatic hydroxyl groups excluding tert-OH is 1. The number of allylic oxidation sites excluding steroid dienone is 2. The minimum absolute atomic E-state index is 0.0877. The maximum Gasteiger partial charge on any atom is 0.338 e. The third-order valence-corrected chi connectivity index (χ3v) is 13.8. The first-order valence-corrected chi connectivity index (χ1v) is 16.3. The molecule has 5 heteroatoms. The molecule has 0 amide bonds. The van der Waals surface area contributed by atoms with E-state index in [-0.39, 0.29) is 28.5 Å². The van der Waals surface area contributed by atoms with E-state index >= 15 is 0 Å². The molecule has 1 aromatic rings. The molecule has 42 heavy (non-hydrogen) atoms. The lowest BCUT2D eigenvalue weighted by atomic mass is 9.33. The quantitative estimate of drug-likeness (QED) is 0.313. The van der Waals surface area contributed by atoms with Crippen molar-refractivity contribution >= 4 is 11.5 Å². The lowest BCUT2D eigenvalue weighted by Gasteiger charge is -2.72. The summed E-state index contributed by atoms with van der Waals surface area (Å²) in [6, 6.07) is 4.69. The number of hydrogen-bond donors (Lipinski definition) is 3. The summed E-state index contributed by atoms with van der Waals surface area (Å²) >= 11 is 0. The summed E-state index contributed by atoms with van der Waals surface area (Å²) in [5.41, 5.74) is 10.5. The van der Waals surface area contributed by atoms with Crippen LogP contribution in [0.1, 0.15) is 122 Å². The molecule has 4 saturated carbocycles. The molecule has 6 rings (SSSR count). The van der Waals surface area contributed by atoms with Gasteiger partial charge in [0.25, 0.3) is 0 Å². The second kappa shape index (κ2) is 10.6. The van der Waals surface area contributed by atoms with Gasteiger partial charge >= 0.3 is 5.97 Å².